The summed E-state index contributed by atoms with van der Waals surface area (Å²) in [6.07, 6.45) is 7.74. The lowest BCUT2D eigenvalue weighted by Gasteiger charge is -2.13. The molecule has 0 saturated heterocycles. The van der Waals surface area contributed by atoms with Crippen molar-refractivity contribution in [3.63, 3.8) is 0 Å². The summed E-state index contributed by atoms with van der Waals surface area (Å²) < 4.78 is 4.11. The van der Waals surface area contributed by atoms with E-state index in [9.17, 15) is 0 Å². The smallest absolute Gasteiger partial charge is 0.0951 e. The van der Waals surface area contributed by atoms with E-state index in [2.05, 4.69) is 28.8 Å². The molecule has 0 atom stereocenters. The Bertz CT molecular complexity index is 400. The summed E-state index contributed by atoms with van der Waals surface area (Å²) in [6, 6.07) is 4.44. The van der Waals surface area contributed by atoms with Crippen LogP contribution in [0.3, 0.4) is 0 Å². The van der Waals surface area contributed by atoms with E-state index in [4.69, 9.17) is 0 Å². The normalized spacial score (nSPS) is 10.9. The Morgan fingerprint density at radius 1 is 1.33 bits per heavy atom. The third-order valence-corrected chi connectivity index (χ3v) is 2.35. The van der Waals surface area contributed by atoms with Crippen molar-refractivity contribution < 1.29 is 0 Å². The maximum atomic E-state index is 4.16. The van der Waals surface area contributed by atoms with E-state index in [1.807, 2.05) is 41.7 Å². The second-order valence-corrected chi connectivity index (χ2v) is 3.81. The SMILES string of the molecule is CC(C)n1cncc1CNn1cccc1. The topological polar surface area (TPSA) is 34.8 Å². The van der Waals surface area contributed by atoms with Crippen LogP contribution in [-0.2, 0) is 6.54 Å². The molecular weight excluding hydrogens is 188 g/mol. The van der Waals surface area contributed by atoms with Gasteiger partial charge in [0.25, 0.3) is 0 Å². The standard InChI is InChI=1S/C11H16N4/c1-10(2)15-9-12-7-11(15)8-13-14-5-3-4-6-14/h3-7,9-10,13H,8H2,1-2H3. The van der Waals surface area contributed by atoms with E-state index in [1.54, 1.807) is 0 Å². The van der Waals surface area contributed by atoms with Crippen LogP contribution in [0.1, 0.15) is 25.6 Å². The van der Waals surface area contributed by atoms with Crippen LogP contribution in [0.15, 0.2) is 37.1 Å². The molecule has 0 fully saturated rings. The predicted octanol–water partition coefficient (Wildman–Crippen LogP) is 2.01. The first-order chi connectivity index (χ1) is 7.27. The highest BCUT2D eigenvalue weighted by Crippen LogP contribution is 2.08. The van der Waals surface area contributed by atoms with Gasteiger partial charge in [-0.2, -0.15) is 0 Å². The number of hydrogen-bond acceptors (Lipinski definition) is 2. The molecule has 2 heterocycles. The molecule has 4 nitrogen and oxygen atoms in total. The van der Waals surface area contributed by atoms with Gasteiger partial charge in [-0.15, -0.1) is 0 Å². The summed E-state index contributed by atoms with van der Waals surface area (Å²) in [5.74, 6) is 0. The fourth-order valence-electron chi connectivity index (χ4n) is 1.55. The Morgan fingerprint density at radius 2 is 2.07 bits per heavy atom. The highest BCUT2D eigenvalue weighted by atomic mass is 15.4. The highest BCUT2D eigenvalue weighted by molar-refractivity contribution is 5.03. The van der Waals surface area contributed by atoms with Gasteiger partial charge in [-0.3, -0.25) is 4.68 Å². The number of nitrogens with zero attached hydrogens (tertiary/aromatic N) is 3. The van der Waals surface area contributed by atoms with Gasteiger partial charge < -0.3 is 9.99 Å². The Hall–Kier alpha value is -1.71. The van der Waals surface area contributed by atoms with Gasteiger partial charge in [0.1, 0.15) is 0 Å². The van der Waals surface area contributed by atoms with Gasteiger partial charge in [0.05, 0.1) is 18.6 Å². The van der Waals surface area contributed by atoms with Crippen molar-refractivity contribution in [3.8, 4) is 0 Å². The van der Waals surface area contributed by atoms with Crippen molar-refractivity contribution in [3.05, 3.63) is 42.7 Å². The third kappa shape index (κ3) is 2.21. The van der Waals surface area contributed by atoms with Gasteiger partial charge in [-0.05, 0) is 26.0 Å². The second-order valence-electron chi connectivity index (χ2n) is 3.81. The number of aromatic nitrogens is 3. The fourth-order valence-corrected chi connectivity index (χ4v) is 1.55. The molecule has 15 heavy (non-hydrogen) atoms. The second kappa shape index (κ2) is 4.21. The Labute approximate surface area is 89.5 Å². The molecule has 2 aromatic rings. The Kier molecular flexibility index (Phi) is 2.76. The maximum Gasteiger partial charge on any atom is 0.0951 e. The zero-order valence-corrected chi connectivity index (χ0v) is 9.09. The van der Waals surface area contributed by atoms with E-state index in [0.29, 0.717) is 6.04 Å². The van der Waals surface area contributed by atoms with Gasteiger partial charge in [-0.25, -0.2) is 4.98 Å². The predicted molar refractivity (Wildman–Crippen MR) is 60.1 cm³/mol. The van der Waals surface area contributed by atoms with Crippen molar-refractivity contribution >= 4 is 0 Å². The molecule has 0 spiro atoms. The maximum absolute atomic E-state index is 4.16. The van der Waals surface area contributed by atoms with E-state index in [-0.39, 0.29) is 0 Å². The number of imidazole rings is 1. The van der Waals surface area contributed by atoms with Crippen LogP contribution in [0.2, 0.25) is 0 Å². The molecule has 0 bridgehead atoms. The highest BCUT2D eigenvalue weighted by Gasteiger charge is 2.04. The van der Waals surface area contributed by atoms with Gasteiger partial charge in [0.2, 0.25) is 0 Å². The fraction of sp³-hybridized carbons (Fsp3) is 0.364. The number of rotatable bonds is 4. The van der Waals surface area contributed by atoms with Gasteiger partial charge in [-0.1, -0.05) is 0 Å². The van der Waals surface area contributed by atoms with Crippen molar-refractivity contribution in [2.45, 2.75) is 26.4 Å². The first kappa shape index (κ1) is 9.83. The molecule has 80 valence electrons. The van der Waals surface area contributed by atoms with Crippen LogP contribution in [-0.4, -0.2) is 14.2 Å². The van der Waals surface area contributed by atoms with Crippen LogP contribution < -0.4 is 5.43 Å². The third-order valence-electron chi connectivity index (χ3n) is 2.35. The van der Waals surface area contributed by atoms with Crippen LogP contribution in [0.5, 0.6) is 0 Å². The van der Waals surface area contributed by atoms with Crippen LogP contribution >= 0.6 is 0 Å². The monoisotopic (exact) mass is 204 g/mol. The quantitative estimate of drug-likeness (QED) is 0.826. The molecule has 0 saturated carbocycles. The molecule has 0 amide bonds. The molecule has 1 N–H and O–H groups in total. The number of nitrogens with one attached hydrogen (secondary N) is 1. The van der Waals surface area contributed by atoms with Gasteiger partial charge >= 0.3 is 0 Å². The minimum absolute atomic E-state index is 0.453. The summed E-state index contributed by atoms with van der Waals surface area (Å²) in [5, 5.41) is 0. The average molecular weight is 204 g/mol. The molecule has 0 aromatic carbocycles. The summed E-state index contributed by atoms with van der Waals surface area (Å²) in [7, 11) is 0. The minimum atomic E-state index is 0.453. The number of hydrogen-bond donors (Lipinski definition) is 1. The molecule has 0 unspecified atom stereocenters. The molecule has 0 aliphatic rings. The first-order valence-corrected chi connectivity index (χ1v) is 5.15. The molecule has 0 aliphatic carbocycles. The lowest BCUT2D eigenvalue weighted by atomic mass is 10.3. The van der Waals surface area contributed by atoms with Gasteiger partial charge in [0, 0.05) is 24.6 Å². The molecule has 2 aromatic heterocycles. The Balaban J connectivity index is 2.02. The summed E-state index contributed by atoms with van der Waals surface area (Å²) in [4.78, 5) is 4.16. The minimum Gasteiger partial charge on any atom is -0.330 e. The lowest BCUT2D eigenvalue weighted by molar-refractivity contribution is 0.572. The first-order valence-electron chi connectivity index (χ1n) is 5.15. The van der Waals surface area contributed by atoms with Crippen molar-refractivity contribution in [2.24, 2.45) is 0 Å². The molecule has 0 aliphatic heterocycles. The summed E-state index contributed by atoms with van der Waals surface area (Å²) in [5.41, 5.74) is 4.47. The van der Waals surface area contributed by atoms with Crippen LogP contribution in [0, 0.1) is 0 Å². The van der Waals surface area contributed by atoms with E-state index < -0.39 is 0 Å². The largest absolute Gasteiger partial charge is 0.330 e. The zero-order valence-electron chi connectivity index (χ0n) is 9.09. The molecule has 2 rings (SSSR count). The van der Waals surface area contributed by atoms with E-state index >= 15 is 0 Å². The summed E-state index contributed by atoms with van der Waals surface area (Å²) >= 11 is 0. The molecule has 4 heteroatoms. The van der Waals surface area contributed by atoms with Crippen molar-refractivity contribution in [2.75, 3.05) is 5.43 Å². The van der Waals surface area contributed by atoms with Gasteiger partial charge in [0.15, 0.2) is 0 Å². The van der Waals surface area contributed by atoms with Crippen LogP contribution in [0.25, 0.3) is 0 Å². The zero-order chi connectivity index (χ0) is 10.7. The van der Waals surface area contributed by atoms with E-state index in [1.165, 1.54) is 5.69 Å². The van der Waals surface area contributed by atoms with Crippen LogP contribution in [0.4, 0.5) is 0 Å². The van der Waals surface area contributed by atoms with Crippen molar-refractivity contribution in [1.29, 1.82) is 0 Å². The summed E-state index contributed by atoms with van der Waals surface area (Å²) in [6.45, 7) is 5.09. The lowest BCUT2D eigenvalue weighted by Crippen LogP contribution is -2.15. The molecular formula is C11H16N4. The average Bonchev–Trinajstić information content (AvgIpc) is 2.86. The Morgan fingerprint density at radius 3 is 2.73 bits per heavy atom. The molecule has 0 radical (unpaired) electrons. The van der Waals surface area contributed by atoms with Crippen molar-refractivity contribution in [1.82, 2.24) is 14.2 Å². The van der Waals surface area contributed by atoms with E-state index in [0.717, 1.165) is 6.54 Å².